The molecule has 0 saturated heterocycles. The quantitative estimate of drug-likeness (QED) is 0.886. The first-order chi connectivity index (χ1) is 9.70. The molecule has 0 amide bonds. The van der Waals surface area contributed by atoms with E-state index in [1.165, 1.54) is 5.56 Å². The van der Waals surface area contributed by atoms with Crippen LogP contribution in [0.3, 0.4) is 0 Å². The first-order valence-corrected chi connectivity index (χ1v) is 7.33. The third-order valence-corrected chi connectivity index (χ3v) is 3.43. The Hall–Kier alpha value is -1.58. The lowest BCUT2D eigenvalue weighted by Gasteiger charge is -2.12. The van der Waals surface area contributed by atoms with Crippen LogP contribution >= 0.6 is 15.9 Å². The summed E-state index contributed by atoms with van der Waals surface area (Å²) in [7, 11) is 0. The molecule has 2 aromatic rings. The van der Waals surface area contributed by atoms with Gasteiger partial charge in [-0.15, -0.1) is 0 Å². The summed E-state index contributed by atoms with van der Waals surface area (Å²) >= 11 is 3.48. The van der Waals surface area contributed by atoms with Crippen molar-refractivity contribution in [3.8, 4) is 5.75 Å². The normalized spacial score (nSPS) is 10.9. The number of benzene rings is 2. The summed E-state index contributed by atoms with van der Waals surface area (Å²) < 4.78 is 6.88. The number of hydrogen-bond donors (Lipinski definition) is 1. The Bertz CT molecular complexity index is 593. The molecule has 2 aromatic carbocycles. The van der Waals surface area contributed by atoms with E-state index in [2.05, 4.69) is 34.1 Å². The van der Waals surface area contributed by atoms with E-state index >= 15 is 0 Å². The third kappa shape index (κ3) is 3.95. The van der Waals surface area contributed by atoms with Crippen molar-refractivity contribution in [2.75, 3.05) is 6.61 Å². The van der Waals surface area contributed by atoms with E-state index in [9.17, 15) is 0 Å². The molecule has 3 heteroatoms. The van der Waals surface area contributed by atoms with Crippen molar-refractivity contribution in [1.82, 2.24) is 0 Å². The van der Waals surface area contributed by atoms with Crippen molar-refractivity contribution in [2.45, 2.75) is 13.5 Å². The summed E-state index contributed by atoms with van der Waals surface area (Å²) in [6.45, 7) is 3.03. The van der Waals surface area contributed by atoms with Gasteiger partial charge in [0, 0.05) is 16.6 Å². The number of halogens is 1. The molecule has 2 rings (SSSR count). The third-order valence-electron chi connectivity index (χ3n) is 2.97. The Labute approximate surface area is 128 Å². The Kier molecular flexibility index (Phi) is 5.39. The number of hydrogen-bond acceptors (Lipinski definition) is 2. The molecule has 0 fully saturated rings. The summed E-state index contributed by atoms with van der Waals surface area (Å²) in [4.78, 5) is 0. The molecule has 20 heavy (non-hydrogen) atoms. The van der Waals surface area contributed by atoms with Gasteiger partial charge in [0.1, 0.15) is 12.4 Å². The minimum Gasteiger partial charge on any atom is -0.489 e. The summed E-state index contributed by atoms with van der Waals surface area (Å²) in [6.07, 6.45) is 4.06. The molecule has 0 heterocycles. The fraction of sp³-hybridized carbons (Fsp3) is 0.176. The van der Waals surface area contributed by atoms with Crippen molar-refractivity contribution in [3.05, 3.63) is 69.7 Å². The summed E-state index contributed by atoms with van der Waals surface area (Å²) in [5.41, 5.74) is 9.04. The van der Waals surface area contributed by atoms with Crippen LogP contribution in [0.1, 0.15) is 16.7 Å². The molecular weight excluding hydrogens is 314 g/mol. The molecule has 2 N–H and O–H groups in total. The van der Waals surface area contributed by atoms with E-state index in [0.717, 1.165) is 21.3 Å². The van der Waals surface area contributed by atoms with Gasteiger partial charge in [0.05, 0.1) is 0 Å². The van der Waals surface area contributed by atoms with Gasteiger partial charge in [-0.1, -0.05) is 52.3 Å². The largest absolute Gasteiger partial charge is 0.489 e. The van der Waals surface area contributed by atoms with Crippen LogP contribution in [-0.2, 0) is 6.54 Å². The molecule has 104 valence electrons. The standard InChI is InChI=1S/C17H18BrNO/c1-13-10-16(18)11-15(12-19)17(13)20-9-5-8-14-6-3-2-4-7-14/h2-8,10-11H,9,12,19H2,1H3/b8-5+. The zero-order valence-electron chi connectivity index (χ0n) is 11.5. The van der Waals surface area contributed by atoms with Gasteiger partial charge in [0.2, 0.25) is 0 Å². The van der Waals surface area contributed by atoms with Crippen LogP contribution in [0.2, 0.25) is 0 Å². The highest BCUT2D eigenvalue weighted by atomic mass is 79.9. The van der Waals surface area contributed by atoms with Gasteiger partial charge in [-0.2, -0.15) is 0 Å². The molecule has 0 unspecified atom stereocenters. The van der Waals surface area contributed by atoms with E-state index in [0.29, 0.717) is 13.2 Å². The summed E-state index contributed by atoms with van der Waals surface area (Å²) in [5.74, 6) is 0.883. The maximum absolute atomic E-state index is 5.85. The van der Waals surface area contributed by atoms with Gasteiger partial charge < -0.3 is 10.5 Å². The maximum atomic E-state index is 5.85. The molecule has 0 atom stereocenters. The van der Waals surface area contributed by atoms with E-state index in [4.69, 9.17) is 10.5 Å². The smallest absolute Gasteiger partial charge is 0.127 e. The van der Waals surface area contributed by atoms with Gasteiger partial charge in [-0.05, 0) is 36.3 Å². The van der Waals surface area contributed by atoms with E-state index < -0.39 is 0 Å². The zero-order chi connectivity index (χ0) is 14.4. The molecule has 0 bridgehead atoms. The van der Waals surface area contributed by atoms with Crippen LogP contribution in [0.15, 0.2) is 53.0 Å². The van der Waals surface area contributed by atoms with Gasteiger partial charge in [0.25, 0.3) is 0 Å². The molecule has 0 aromatic heterocycles. The first kappa shape index (κ1) is 14.8. The lowest BCUT2D eigenvalue weighted by Crippen LogP contribution is -2.04. The topological polar surface area (TPSA) is 35.2 Å². The number of aryl methyl sites for hydroxylation is 1. The van der Waals surface area contributed by atoms with Gasteiger partial charge >= 0.3 is 0 Å². The average molecular weight is 332 g/mol. The van der Waals surface area contributed by atoms with Gasteiger partial charge in [0.15, 0.2) is 0 Å². The predicted octanol–water partition coefficient (Wildman–Crippen LogP) is 4.31. The van der Waals surface area contributed by atoms with Gasteiger partial charge in [-0.25, -0.2) is 0 Å². The van der Waals surface area contributed by atoms with E-state index in [-0.39, 0.29) is 0 Å². The zero-order valence-corrected chi connectivity index (χ0v) is 13.1. The highest BCUT2D eigenvalue weighted by molar-refractivity contribution is 9.10. The summed E-state index contributed by atoms with van der Waals surface area (Å²) in [6, 6.07) is 14.2. The molecular formula is C17H18BrNO. The van der Waals surface area contributed by atoms with Crippen molar-refractivity contribution < 1.29 is 4.74 Å². The minimum atomic E-state index is 0.470. The number of rotatable bonds is 5. The SMILES string of the molecule is Cc1cc(Br)cc(CN)c1OC/C=C/c1ccccc1. The molecule has 0 radical (unpaired) electrons. The van der Waals surface area contributed by atoms with E-state index in [1.54, 1.807) is 0 Å². The van der Waals surface area contributed by atoms with Crippen molar-refractivity contribution >= 4 is 22.0 Å². The molecule has 0 aliphatic rings. The highest BCUT2D eigenvalue weighted by Gasteiger charge is 2.07. The minimum absolute atomic E-state index is 0.470. The Morgan fingerprint density at radius 1 is 1.20 bits per heavy atom. The van der Waals surface area contributed by atoms with Crippen LogP contribution in [0, 0.1) is 6.92 Å². The fourth-order valence-electron chi connectivity index (χ4n) is 2.04. The molecule has 0 aliphatic heterocycles. The Morgan fingerprint density at radius 3 is 2.65 bits per heavy atom. The maximum Gasteiger partial charge on any atom is 0.127 e. The van der Waals surface area contributed by atoms with Gasteiger partial charge in [-0.3, -0.25) is 0 Å². The Morgan fingerprint density at radius 2 is 1.95 bits per heavy atom. The molecule has 0 spiro atoms. The van der Waals surface area contributed by atoms with Crippen LogP contribution in [0.25, 0.3) is 6.08 Å². The number of nitrogens with two attached hydrogens (primary N) is 1. The van der Waals surface area contributed by atoms with Crippen molar-refractivity contribution in [2.24, 2.45) is 5.73 Å². The monoisotopic (exact) mass is 331 g/mol. The second kappa shape index (κ2) is 7.27. The van der Waals surface area contributed by atoms with Crippen LogP contribution < -0.4 is 10.5 Å². The van der Waals surface area contributed by atoms with E-state index in [1.807, 2.05) is 43.3 Å². The predicted molar refractivity (Wildman–Crippen MR) is 87.7 cm³/mol. The lowest BCUT2D eigenvalue weighted by atomic mass is 10.1. The molecule has 0 aliphatic carbocycles. The Balaban J connectivity index is 2.03. The fourth-order valence-corrected chi connectivity index (χ4v) is 2.66. The second-order valence-corrected chi connectivity index (χ2v) is 5.45. The molecule has 2 nitrogen and oxygen atoms in total. The molecule has 0 saturated carbocycles. The van der Waals surface area contributed by atoms with Crippen LogP contribution in [-0.4, -0.2) is 6.61 Å². The number of ether oxygens (including phenoxy) is 1. The highest BCUT2D eigenvalue weighted by Crippen LogP contribution is 2.27. The average Bonchev–Trinajstić information content (AvgIpc) is 2.45. The van der Waals surface area contributed by atoms with Crippen LogP contribution in [0.4, 0.5) is 0 Å². The summed E-state index contributed by atoms with van der Waals surface area (Å²) in [5, 5.41) is 0. The van der Waals surface area contributed by atoms with Crippen molar-refractivity contribution in [3.63, 3.8) is 0 Å². The van der Waals surface area contributed by atoms with Crippen LogP contribution in [0.5, 0.6) is 5.75 Å². The second-order valence-electron chi connectivity index (χ2n) is 4.54. The lowest BCUT2D eigenvalue weighted by molar-refractivity contribution is 0.357. The first-order valence-electron chi connectivity index (χ1n) is 6.54. The van der Waals surface area contributed by atoms with Crippen molar-refractivity contribution in [1.29, 1.82) is 0 Å².